The van der Waals surface area contributed by atoms with Crippen LogP contribution in [0.4, 0.5) is 5.95 Å². The van der Waals surface area contributed by atoms with Crippen molar-refractivity contribution in [2.24, 2.45) is 0 Å². The number of rotatable bonds is 5. The fourth-order valence-electron chi connectivity index (χ4n) is 4.79. The van der Waals surface area contributed by atoms with Gasteiger partial charge in [-0.2, -0.15) is 0 Å². The molecule has 2 fully saturated rings. The molecule has 0 aromatic carbocycles. The average molecular weight is 429 g/mol. The minimum atomic E-state index is -0.197. The summed E-state index contributed by atoms with van der Waals surface area (Å²) in [4.78, 5) is 23.9. The standard InChI is InChI=1S/C18H26N4O2.C7H14/c1-3-4-11(2)21-18-20-10-15-16(22-18)14(9-19-17(15)24)12-5-7-13(23)8-6-12;1-2-4-6-7-5-3-1/h9-13,23H,3-8H2,1-2H3,(H,19,24)(H,20,21,22);1-7H2. The third-order valence-electron chi connectivity index (χ3n) is 6.65. The van der Waals surface area contributed by atoms with Gasteiger partial charge in [0.1, 0.15) is 0 Å². The Balaban J connectivity index is 0.000000330. The fourth-order valence-corrected chi connectivity index (χ4v) is 4.79. The van der Waals surface area contributed by atoms with Crippen LogP contribution in [0.5, 0.6) is 0 Å². The summed E-state index contributed by atoms with van der Waals surface area (Å²) in [6.07, 6.45) is 19.3. The monoisotopic (exact) mass is 428 g/mol. The van der Waals surface area contributed by atoms with E-state index in [1.807, 2.05) is 0 Å². The van der Waals surface area contributed by atoms with Crippen LogP contribution < -0.4 is 10.9 Å². The Morgan fingerprint density at radius 2 is 1.71 bits per heavy atom. The maximum absolute atomic E-state index is 12.1. The predicted molar refractivity (Wildman–Crippen MR) is 128 cm³/mol. The Morgan fingerprint density at radius 1 is 1.10 bits per heavy atom. The van der Waals surface area contributed by atoms with E-state index in [1.54, 1.807) is 12.4 Å². The van der Waals surface area contributed by atoms with Gasteiger partial charge in [-0.1, -0.05) is 58.3 Å². The van der Waals surface area contributed by atoms with E-state index in [-0.39, 0.29) is 11.7 Å². The zero-order chi connectivity index (χ0) is 22.1. The molecule has 0 saturated heterocycles. The number of pyridine rings is 1. The Labute approximate surface area is 186 Å². The number of hydrogen-bond donors (Lipinski definition) is 3. The number of H-pyrrole nitrogens is 1. The minimum absolute atomic E-state index is 0.155. The second-order valence-corrected chi connectivity index (χ2v) is 9.34. The topological polar surface area (TPSA) is 90.9 Å². The number of nitrogens with zero attached hydrogens (tertiary/aromatic N) is 2. The lowest BCUT2D eigenvalue weighted by molar-refractivity contribution is 0.122. The Morgan fingerprint density at radius 3 is 2.29 bits per heavy atom. The number of aliphatic hydroxyl groups excluding tert-OH is 1. The molecule has 2 aromatic rings. The molecule has 0 radical (unpaired) electrons. The predicted octanol–water partition coefficient (Wildman–Crippen LogP) is 5.67. The smallest absolute Gasteiger partial charge is 0.258 e. The van der Waals surface area contributed by atoms with Gasteiger partial charge in [0.2, 0.25) is 5.95 Å². The highest BCUT2D eigenvalue weighted by atomic mass is 16.3. The number of aromatic amines is 1. The maximum Gasteiger partial charge on any atom is 0.258 e. The summed E-state index contributed by atoms with van der Waals surface area (Å²) >= 11 is 0. The van der Waals surface area contributed by atoms with Crippen LogP contribution in [0.2, 0.25) is 0 Å². The zero-order valence-electron chi connectivity index (χ0n) is 19.3. The van der Waals surface area contributed by atoms with Gasteiger partial charge in [-0.15, -0.1) is 0 Å². The third-order valence-corrected chi connectivity index (χ3v) is 6.65. The highest BCUT2D eigenvalue weighted by Gasteiger charge is 2.24. The highest BCUT2D eigenvalue weighted by molar-refractivity contribution is 5.81. The summed E-state index contributed by atoms with van der Waals surface area (Å²) < 4.78 is 0. The summed E-state index contributed by atoms with van der Waals surface area (Å²) in [5.41, 5.74) is 1.64. The summed E-state index contributed by atoms with van der Waals surface area (Å²) in [6, 6.07) is 0.294. The molecular weight excluding hydrogens is 388 g/mol. The van der Waals surface area contributed by atoms with E-state index >= 15 is 0 Å². The van der Waals surface area contributed by atoms with Crippen LogP contribution in [0, 0.1) is 0 Å². The van der Waals surface area contributed by atoms with Crippen molar-refractivity contribution in [1.29, 1.82) is 0 Å². The van der Waals surface area contributed by atoms with Crippen molar-refractivity contribution >= 4 is 16.9 Å². The van der Waals surface area contributed by atoms with E-state index in [4.69, 9.17) is 0 Å². The summed E-state index contributed by atoms with van der Waals surface area (Å²) in [7, 11) is 0. The van der Waals surface area contributed by atoms with E-state index in [0.29, 0.717) is 23.3 Å². The number of anilines is 1. The van der Waals surface area contributed by atoms with Crippen molar-refractivity contribution < 1.29 is 5.11 Å². The lowest BCUT2D eigenvalue weighted by atomic mass is 9.83. The van der Waals surface area contributed by atoms with E-state index in [2.05, 4.69) is 34.1 Å². The van der Waals surface area contributed by atoms with Gasteiger partial charge in [-0.25, -0.2) is 9.97 Å². The number of aliphatic hydroxyl groups is 1. The first kappa shape index (κ1) is 23.7. The summed E-state index contributed by atoms with van der Waals surface area (Å²) in [5, 5.41) is 13.6. The van der Waals surface area contributed by atoms with Crippen LogP contribution >= 0.6 is 0 Å². The molecular formula is C25H40N4O2. The molecule has 2 aliphatic carbocycles. The second kappa shape index (κ2) is 12.2. The van der Waals surface area contributed by atoms with Gasteiger partial charge in [-0.05, 0) is 50.5 Å². The van der Waals surface area contributed by atoms with Crippen LogP contribution in [0.3, 0.4) is 0 Å². The molecule has 172 valence electrons. The lowest BCUT2D eigenvalue weighted by Gasteiger charge is -2.26. The molecule has 0 spiro atoms. The van der Waals surface area contributed by atoms with Crippen LogP contribution in [0.25, 0.3) is 10.9 Å². The number of fused-ring (bicyclic) bond motifs is 1. The van der Waals surface area contributed by atoms with Crippen molar-refractivity contribution in [2.75, 3.05) is 5.32 Å². The normalized spacial score (nSPS) is 22.8. The number of hydrogen-bond acceptors (Lipinski definition) is 5. The van der Waals surface area contributed by atoms with Crippen LogP contribution in [-0.4, -0.2) is 32.2 Å². The van der Waals surface area contributed by atoms with Crippen molar-refractivity contribution in [3.8, 4) is 0 Å². The van der Waals surface area contributed by atoms with E-state index in [1.165, 1.54) is 44.9 Å². The molecule has 31 heavy (non-hydrogen) atoms. The van der Waals surface area contributed by atoms with E-state index in [0.717, 1.165) is 49.6 Å². The lowest BCUT2D eigenvalue weighted by Crippen LogP contribution is -2.20. The molecule has 3 N–H and O–H groups in total. The van der Waals surface area contributed by atoms with Gasteiger partial charge >= 0.3 is 0 Å². The first-order chi connectivity index (χ1) is 15.1. The maximum atomic E-state index is 12.1. The van der Waals surface area contributed by atoms with Crippen molar-refractivity contribution in [2.45, 2.75) is 115 Å². The molecule has 2 aromatic heterocycles. The molecule has 2 aliphatic rings. The van der Waals surface area contributed by atoms with E-state index < -0.39 is 0 Å². The van der Waals surface area contributed by atoms with Crippen molar-refractivity contribution in [3.63, 3.8) is 0 Å². The van der Waals surface area contributed by atoms with Gasteiger partial charge < -0.3 is 15.4 Å². The first-order valence-electron chi connectivity index (χ1n) is 12.4. The molecule has 1 unspecified atom stereocenters. The molecule has 6 nitrogen and oxygen atoms in total. The molecule has 0 aliphatic heterocycles. The molecule has 6 heteroatoms. The van der Waals surface area contributed by atoms with Gasteiger partial charge in [0, 0.05) is 18.4 Å². The van der Waals surface area contributed by atoms with Crippen LogP contribution in [-0.2, 0) is 0 Å². The van der Waals surface area contributed by atoms with Crippen LogP contribution in [0.15, 0.2) is 17.2 Å². The van der Waals surface area contributed by atoms with Gasteiger partial charge in [0.15, 0.2) is 0 Å². The third kappa shape index (κ3) is 7.03. The highest BCUT2D eigenvalue weighted by Crippen LogP contribution is 2.35. The zero-order valence-corrected chi connectivity index (χ0v) is 19.3. The molecule has 1 atom stereocenters. The molecule has 0 amide bonds. The second-order valence-electron chi connectivity index (χ2n) is 9.34. The number of aromatic nitrogens is 3. The summed E-state index contributed by atoms with van der Waals surface area (Å²) in [6.45, 7) is 4.26. The van der Waals surface area contributed by atoms with Gasteiger partial charge in [0.25, 0.3) is 5.56 Å². The van der Waals surface area contributed by atoms with Crippen LogP contribution in [0.1, 0.15) is 109 Å². The SMILES string of the molecule is C1CCCCCC1.CCCC(C)Nc1ncc2c(=O)[nH]cc(C3CCC(O)CC3)c2n1. The first-order valence-corrected chi connectivity index (χ1v) is 12.4. The van der Waals surface area contributed by atoms with E-state index in [9.17, 15) is 9.90 Å². The molecule has 2 saturated carbocycles. The molecule has 2 heterocycles. The summed E-state index contributed by atoms with van der Waals surface area (Å²) in [5.74, 6) is 0.898. The molecule has 4 rings (SSSR count). The number of nitrogens with one attached hydrogen (secondary N) is 2. The minimum Gasteiger partial charge on any atom is -0.393 e. The Hall–Kier alpha value is -1.95. The van der Waals surface area contributed by atoms with Crippen molar-refractivity contribution in [3.05, 3.63) is 28.3 Å². The van der Waals surface area contributed by atoms with Gasteiger partial charge in [0.05, 0.1) is 17.0 Å². The van der Waals surface area contributed by atoms with Crippen molar-refractivity contribution in [1.82, 2.24) is 15.0 Å². The molecule has 0 bridgehead atoms. The fraction of sp³-hybridized carbons (Fsp3) is 0.720. The average Bonchev–Trinajstić information content (AvgIpc) is 3.09. The quantitative estimate of drug-likeness (QED) is 0.534. The van der Waals surface area contributed by atoms with Gasteiger partial charge in [-0.3, -0.25) is 4.79 Å². The Kier molecular flexibility index (Phi) is 9.31. The largest absolute Gasteiger partial charge is 0.393 e. The Bertz CT molecular complexity index is 839.